The molecule has 0 aliphatic heterocycles. The number of ether oxygens (including phenoxy) is 1. The molecule has 0 atom stereocenters. The zero-order valence-corrected chi connectivity index (χ0v) is 8.56. The van der Waals surface area contributed by atoms with E-state index in [2.05, 4.69) is 21.1 Å². The fraction of sp³-hybridized carbons (Fsp3) is 0.182. The second-order valence-electron chi connectivity index (χ2n) is 3.00. The van der Waals surface area contributed by atoms with E-state index in [-0.39, 0.29) is 0 Å². The van der Waals surface area contributed by atoms with Crippen LogP contribution in [0.1, 0.15) is 5.82 Å². The van der Waals surface area contributed by atoms with Crippen molar-refractivity contribution < 1.29 is 4.74 Å². The minimum absolute atomic E-state index is 0.689. The molecule has 0 unspecified atom stereocenters. The molecule has 15 heavy (non-hydrogen) atoms. The Kier molecular flexibility index (Phi) is 2.58. The molecule has 2 rings (SSSR count). The molecule has 2 aromatic heterocycles. The highest BCUT2D eigenvalue weighted by atomic mass is 16.5. The van der Waals surface area contributed by atoms with E-state index < -0.39 is 0 Å². The van der Waals surface area contributed by atoms with Gasteiger partial charge in [0.15, 0.2) is 0 Å². The number of hydrogen-bond acceptors (Lipinski definition) is 4. The summed E-state index contributed by atoms with van der Waals surface area (Å²) in [7, 11) is 1.61. The van der Waals surface area contributed by atoms with Crippen molar-refractivity contribution in [3.05, 3.63) is 36.5 Å². The van der Waals surface area contributed by atoms with Gasteiger partial charge in [0.1, 0.15) is 23.5 Å². The summed E-state index contributed by atoms with van der Waals surface area (Å²) in [5, 5.41) is 0. The van der Waals surface area contributed by atoms with E-state index in [1.807, 2.05) is 19.1 Å². The third-order valence-corrected chi connectivity index (χ3v) is 1.96. The molecule has 0 bridgehead atoms. The molecule has 0 fully saturated rings. The van der Waals surface area contributed by atoms with E-state index in [1.54, 1.807) is 19.5 Å². The molecule has 75 valence electrons. The third-order valence-electron chi connectivity index (χ3n) is 1.96. The Morgan fingerprint density at radius 1 is 1.33 bits per heavy atom. The Bertz CT molecular complexity index is 454. The van der Waals surface area contributed by atoms with E-state index in [0.717, 1.165) is 5.56 Å². The maximum atomic E-state index is 5.19. The van der Waals surface area contributed by atoms with E-state index >= 15 is 0 Å². The van der Waals surface area contributed by atoms with Crippen molar-refractivity contribution in [3.8, 4) is 17.0 Å². The van der Waals surface area contributed by atoms with Crippen molar-refractivity contribution in [2.75, 3.05) is 7.11 Å². The fourth-order valence-corrected chi connectivity index (χ4v) is 1.23. The predicted molar refractivity (Wildman–Crippen MR) is 55.4 cm³/mol. The SMILES string of the molecule is COc1cccnc1-c1[c]nc(C)nc1. The van der Waals surface area contributed by atoms with Crippen LogP contribution in [0.5, 0.6) is 5.75 Å². The molecule has 2 heterocycles. The second kappa shape index (κ2) is 4.04. The summed E-state index contributed by atoms with van der Waals surface area (Å²) in [6, 6.07) is 3.66. The minimum Gasteiger partial charge on any atom is -0.494 e. The first-order valence-corrected chi connectivity index (χ1v) is 4.52. The van der Waals surface area contributed by atoms with Crippen molar-refractivity contribution in [1.29, 1.82) is 0 Å². The number of pyridine rings is 1. The third kappa shape index (κ3) is 1.93. The van der Waals surface area contributed by atoms with E-state index in [9.17, 15) is 0 Å². The first-order chi connectivity index (χ1) is 7.31. The zero-order chi connectivity index (χ0) is 10.7. The lowest BCUT2D eigenvalue weighted by Crippen LogP contribution is -1.93. The van der Waals surface area contributed by atoms with Gasteiger partial charge in [-0.15, -0.1) is 0 Å². The number of aryl methyl sites for hydroxylation is 1. The molecule has 2 aromatic rings. The highest BCUT2D eigenvalue weighted by molar-refractivity contribution is 5.63. The van der Waals surface area contributed by atoms with Crippen molar-refractivity contribution in [3.63, 3.8) is 0 Å². The van der Waals surface area contributed by atoms with Crippen molar-refractivity contribution in [1.82, 2.24) is 15.0 Å². The first-order valence-electron chi connectivity index (χ1n) is 4.52. The van der Waals surface area contributed by atoms with Gasteiger partial charge in [0, 0.05) is 12.4 Å². The molecule has 0 aromatic carbocycles. The van der Waals surface area contributed by atoms with E-state index in [4.69, 9.17) is 4.74 Å². The Morgan fingerprint density at radius 2 is 2.20 bits per heavy atom. The van der Waals surface area contributed by atoms with Crippen LogP contribution in [0.25, 0.3) is 11.3 Å². The van der Waals surface area contributed by atoms with Crippen LogP contribution >= 0.6 is 0 Å². The second-order valence-corrected chi connectivity index (χ2v) is 3.00. The van der Waals surface area contributed by atoms with Gasteiger partial charge in [-0.2, -0.15) is 0 Å². The van der Waals surface area contributed by atoms with E-state index in [1.165, 1.54) is 0 Å². The number of nitrogens with zero attached hydrogens (tertiary/aromatic N) is 3. The Morgan fingerprint density at radius 3 is 2.87 bits per heavy atom. The van der Waals surface area contributed by atoms with Crippen molar-refractivity contribution in [2.24, 2.45) is 0 Å². The molecular formula is C11H10N3O. The number of methoxy groups -OCH3 is 1. The standard InChI is InChI=1S/C11H10N3O/c1-8-13-6-9(7-14-8)11-10(15-2)4-3-5-12-11/h3-6H,1-2H3. The molecule has 0 spiro atoms. The van der Waals surface area contributed by atoms with Gasteiger partial charge in [-0.25, -0.2) is 9.97 Å². The summed E-state index contributed by atoms with van der Waals surface area (Å²) in [6.07, 6.45) is 6.26. The lowest BCUT2D eigenvalue weighted by molar-refractivity contribution is 0.415. The smallest absolute Gasteiger partial charge is 0.145 e. The molecule has 0 aliphatic carbocycles. The summed E-state index contributed by atoms with van der Waals surface area (Å²) in [6.45, 7) is 1.82. The summed E-state index contributed by atoms with van der Waals surface area (Å²) < 4.78 is 5.19. The highest BCUT2D eigenvalue weighted by Crippen LogP contribution is 2.25. The van der Waals surface area contributed by atoms with Crippen LogP contribution in [0.2, 0.25) is 0 Å². The lowest BCUT2D eigenvalue weighted by Gasteiger charge is -2.05. The Hall–Kier alpha value is -1.97. The van der Waals surface area contributed by atoms with Gasteiger partial charge in [-0.3, -0.25) is 4.98 Å². The Balaban J connectivity index is 2.49. The number of hydrogen-bond donors (Lipinski definition) is 0. The predicted octanol–water partition coefficient (Wildman–Crippen LogP) is 1.66. The average molecular weight is 200 g/mol. The molecule has 0 N–H and O–H groups in total. The van der Waals surface area contributed by atoms with Crippen LogP contribution in [0.4, 0.5) is 0 Å². The van der Waals surface area contributed by atoms with Gasteiger partial charge >= 0.3 is 0 Å². The van der Waals surface area contributed by atoms with Crippen LogP contribution in [0, 0.1) is 13.1 Å². The first kappa shape index (κ1) is 9.58. The van der Waals surface area contributed by atoms with Gasteiger partial charge in [-0.1, -0.05) is 0 Å². The molecule has 0 saturated carbocycles. The van der Waals surface area contributed by atoms with Crippen LogP contribution in [0.3, 0.4) is 0 Å². The van der Waals surface area contributed by atoms with Crippen LogP contribution in [-0.2, 0) is 0 Å². The zero-order valence-electron chi connectivity index (χ0n) is 8.56. The quantitative estimate of drug-likeness (QED) is 0.739. The number of rotatable bonds is 2. The lowest BCUT2D eigenvalue weighted by atomic mass is 10.2. The summed E-state index contributed by atoms with van der Waals surface area (Å²) in [5.41, 5.74) is 1.44. The molecule has 0 saturated heterocycles. The molecule has 0 amide bonds. The molecule has 1 radical (unpaired) electrons. The largest absolute Gasteiger partial charge is 0.494 e. The van der Waals surface area contributed by atoms with Gasteiger partial charge < -0.3 is 4.74 Å². The van der Waals surface area contributed by atoms with Gasteiger partial charge in [0.05, 0.1) is 12.7 Å². The van der Waals surface area contributed by atoms with Crippen molar-refractivity contribution in [2.45, 2.75) is 6.92 Å². The van der Waals surface area contributed by atoms with Crippen LogP contribution < -0.4 is 4.74 Å². The monoisotopic (exact) mass is 200 g/mol. The Labute approximate surface area is 88.0 Å². The minimum atomic E-state index is 0.689. The molecule has 4 heteroatoms. The summed E-state index contributed by atoms with van der Waals surface area (Å²) >= 11 is 0. The normalized spacial score (nSPS) is 10.0. The number of aromatic nitrogens is 3. The topological polar surface area (TPSA) is 47.9 Å². The fourth-order valence-electron chi connectivity index (χ4n) is 1.23. The molecule has 0 aliphatic rings. The average Bonchev–Trinajstić information content (AvgIpc) is 2.30. The van der Waals surface area contributed by atoms with Crippen LogP contribution in [-0.4, -0.2) is 22.1 Å². The molecule has 4 nitrogen and oxygen atoms in total. The highest BCUT2D eigenvalue weighted by Gasteiger charge is 2.07. The van der Waals surface area contributed by atoms with E-state index in [0.29, 0.717) is 17.3 Å². The maximum Gasteiger partial charge on any atom is 0.145 e. The van der Waals surface area contributed by atoms with Crippen LogP contribution in [0.15, 0.2) is 24.5 Å². The summed E-state index contributed by atoms with van der Waals surface area (Å²) in [5.74, 6) is 1.38. The van der Waals surface area contributed by atoms with Gasteiger partial charge in [-0.05, 0) is 19.1 Å². The van der Waals surface area contributed by atoms with Gasteiger partial charge in [0.2, 0.25) is 0 Å². The van der Waals surface area contributed by atoms with Crippen molar-refractivity contribution >= 4 is 0 Å². The molecular weight excluding hydrogens is 190 g/mol. The summed E-state index contributed by atoms with van der Waals surface area (Å²) in [4.78, 5) is 12.3. The van der Waals surface area contributed by atoms with Gasteiger partial charge in [0.25, 0.3) is 0 Å². The maximum absolute atomic E-state index is 5.19.